The summed E-state index contributed by atoms with van der Waals surface area (Å²) in [4.78, 5) is 6.15. The third kappa shape index (κ3) is 2.04. The molecule has 2 heterocycles. The van der Waals surface area contributed by atoms with Gasteiger partial charge < -0.3 is 0 Å². The second kappa shape index (κ2) is 4.54. The summed E-state index contributed by atoms with van der Waals surface area (Å²) in [6.45, 7) is 4.30. The van der Waals surface area contributed by atoms with Crippen molar-refractivity contribution in [2.24, 2.45) is 0 Å². The Morgan fingerprint density at radius 1 is 1.11 bits per heavy atom. The van der Waals surface area contributed by atoms with Crippen molar-refractivity contribution in [1.29, 1.82) is 0 Å². The molecule has 0 amide bonds. The Hall–Kier alpha value is -1.67. The molecule has 0 aliphatic carbocycles. The molecule has 0 bridgehead atoms. The van der Waals surface area contributed by atoms with E-state index in [0.717, 1.165) is 17.6 Å². The molecule has 3 rings (SSSR count). The van der Waals surface area contributed by atoms with E-state index in [-0.39, 0.29) is 0 Å². The first-order valence-electron chi connectivity index (χ1n) is 6.21. The quantitative estimate of drug-likeness (QED) is 0.637. The lowest BCUT2D eigenvalue weighted by Crippen LogP contribution is -1.84. The lowest BCUT2D eigenvalue weighted by Gasteiger charge is -2.02. The summed E-state index contributed by atoms with van der Waals surface area (Å²) in [6, 6.07) is 12.9. The zero-order chi connectivity index (χ0) is 12.5. The molecule has 1 aromatic carbocycles. The summed E-state index contributed by atoms with van der Waals surface area (Å²) >= 11 is 1.81. The molecule has 0 saturated heterocycles. The Labute approximate surface area is 111 Å². The predicted octanol–water partition coefficient (Wildman–Crippen LogP) is 4.83. The van der Waals surface area contributed by atoms with E-state index in [9.17, 15) is 0 Å². The topological polar surface area (TPSA) is 12.9 Å². The van der Waals surface area contributed by atoms with E-state index in [1.54, 1.807) is 0 Å². The molecular formula is C16H15NS. The number of aryl methyl sites for hydroxylation is 2. The molecule has 18 heavy (non-hydrogen) atoms. The number of benzene rings is 1. The van der Waals surface area contributed by atoms with Crippen molar-refractivity contribution in [2.75, 3.05) is 0 Å². The second-order valence-corrected chi connectivity index (χ2v) is 5.54. The number of pyridine rings is 1. The van der Waals surface area contributed by atoms with Crippen LogP contribution in [0.2, 0.25) is 0 Å². The van der Waals surface area contributed by atoms with Crippen molar-refractivity contribution < 1.29 is 0 Å². The lowest BCUT2D eigenvalue weighted by molar-refractivity contribution is 1.19. The van der Waals surface area contributed by atoms with Crippen LogP contribution < -0.4 is 0 Å². The number of rotatable bonds is 2. The van der Waals surface area contributed by atoms with Crippen LogP contribution in [0.15, 0.2) is 41.8 Å². The molecule has 0 atom stereocenters. The SMILES string of the molecule is CCc1cc(-c2ccc3cc(C)ccc3n2)cs1. The van der Waals surface area contributed by atoms with Gasteiger partial charge in [0.1, 0.15) is 0 Å². The van der Waals surface area contributed by atoms with Crippen LogP contribution >= 0.6 is 11.3 Å². The minimum absolute atomic E-state index is 1.07. The van der Waals surface area contributed by atoms with E-state index in [1.165, 1.54) is 21.4 Å². The molecule has 0 aliphatic heterocycles. The van der Waals surface area contributed by atoms with Crippen LogP contribution in [-0.2, 0) is 6.42 Å². The van der Waals surface area contributed by atoms with Crippen molar-refractivity contribution in [2.45, 2.75) is 20.3 Å². The first-order chi connectivity index (χ1) is 8.76. The van der Waals surface area contributed by atoms with Gasteiger partial charge in [0.15, 0.2) is 0 Å². The fraction of sp³-hybridized carbons (Fsp3) is 0.188. The van der Waals surface area contributed by atoms with E-state index < -0.39 is 0 Å². The van der Waals surface area contributed by atoms with Gasteiger partial charge in [-0.05, 0) is 37.6 Å². The number of thiophene rings is 1. The predicted molar refractivity (Wildman–Crippen MR) is 79.2 cm³/mol. The van der Waals surface area contributed by atoms with Crippen molar-refractivity contribution >= 4 is 22.2 Å². The third-order valence-electron chi connectivity index (χ3n) is 3.14. The van der Waals surface area contributed by atoms with Crippen molar-refractivity contribution in [3.63, 3.8) is 0 Å². The zero-order valence-electron chi connectivity index (χ0n) is 10.6. The Kier molecular flexibility index (Phi) is 2.88. The maximum absolute atomic E-state index is 4.74. The van der Waals surface area contributed by atoms with Gasteiger partial charge in [0.05, 0.1) is 11.2 Å². The molecule has 3 aromatic rings. The molecule has 2 aromatic heterocycles. The molecule has 90 valence electrons. The molecule has 0 spiro atoms. The standard InChI is InChI=1S/C16H15NS/c1-3-14-9-13(10-18-14)16-7-5-12-8-11(2)4-6-15(12)17-16/h4-10H,3H2,1-2H3. The van der Waals surface area contributed by atoms with Crippen LogP contribution in [0.4, 0.5) is 0 Å². The van der Waals surface area contributed by atoms with Gasteiger partial charge >= 0.3 is 0 Å². The van der Waals surface area contributed by atoms with Crippen LogP contribution in [0.25, 0.3) is 22.2 Å². The Bertz CT molecular complexity index is 697. The average molecular weight is 253 g/mol. The second-order valence-electron chi connectivity index (χ2n) is 4.55. The van der Waals surface area contributed by atoms with Gasteiger partial charge in [0.2, 0.25) is 0 Å². The van der Waals surface area contributed by atoms with Crippen LogP contribution in [-0.4, -0.2) is 4.98 Å². The van der Waals surface area contributed by atoms with E-state index in [2.05, 4.69) is 55.6 Å². The Morgan fingerprint density at radius 2 is 2.00 bits per heavy atom. The Balaban J connectivity index is 2.10. The summed E-state index contributed by atoms with van der Waals surface area (Å²) in [5.74, 6) is 0. The van der Waals surface area contributed by atoms with Crippen LogP contribution in [0, 0.1) is 6.92 Å². The van der Waals surface area contributed by atoms with Gasteiger partial charge in [-0.25, -0.2) is 4.98 Å². The molecule has 2 heteroatoms. The highest BCUT2D eigenvalue weighted by molar-refractivity contribution is 7.10. The number of nitrogens with zero attached hydrogens (tertiary/aromatic N) is 1. The van der Waals surface area contributed by atoms with Crippen molar-refractivity contribution in [3.8, 4) is 11.3 Å². The van der Waals surface area contributed by atoms with Gasteiger partial charge in [0, 0.05) is 21.2 Å². The number of hydrogen-bond donors (Lipinski definition) is 0. The van der Waals surface area contributed by atoms with Crippen molar-refractivity contribution in [3.05, 3.63) is 52.2 Å². The molecular weight excluding hydrogens is 238 g/mol. The Morgan fingerprint density at radius 3 is 2.78 bits per heavy atom. The summed E-state index contributed by atoms with van der Waals surface area (Å²) < 4.78 is 0. The van der Waals surface area contributed by atoms with Crippen LogP contribution in [0.3, 0.4) is 0 Å². The highest BCUT2D eigenvalue weighted by Gasteiger charge is 2.04. The van der Waals surface area contributed by atoms with E-state index in [1.807, 2.05) is 11.3 Å². The van der Waals surface area contributed by atoms with E-state index >= 15 is 0 Å². The van der Waals surface area contributed by atoms with Gasteiger partial charge in [-0.1, -0.05) is 24.6 Å². The van der Waals surface area contributed by atoms with Gasteiger partial charge in [0.25, 0.3) is 0 Å². The summed E-state index contributed by atoms with van der Waals surface area (Å²) in [5, 5.41) is 3.41. The maximum Gasteiger partial charge on any atom is 0.0718 e. The highest BCUT2D eigenvalue weighted by atomic mass is 32.1. The van der Waals surface area contributed by atoms with E-state index in [4.69, 9.17) is 4.98 Å². The minimum Gasteiger partial charge on any atom is -0.248 e. The minimum atomic E-state index is 1.07. The number of fused-ring (bicyclic) bond motifs is 1. The van der Waals surface area contributed by atoms with Crippen LogP contribution in [0.5, 0.6) is 0 Å². The normalized spacial score (nSPS) is 11.0. The third-order valence-corrected chi connectivity index (χ3v) is 4.22. The molecule has 0 unspecified atom stereocenters. The molecule has 0 saturated carbocycles. The first-order valence-corrected chi connectivity index (χ1v) is 7.09. The highest BCUT2D eigenvalue weighted by Crippen LogP contribution is 2.26. The summed E-state index contributed by atoms with van der Waals surface area (Å²) in [5.41, 5.74) is 4.66. The lowest BCUT2D eigenvalue weighted by atomic mass is 10.1. The largest absolute Gasteiger partial charge is 0.248 e. The van der Waals surface area contributed by atoms with Gasteiger partial charge in [-0.15, -0.1) is 11.3 Å². The average Bonchev–Trinajstić information content (AvgIpc) is 2.87. The summed E-state index contributed by atoms with van der Waals surface area (Å²) in [6.07, 6.45) is 1.09. The zero-order valence-corrected chi connectivity index (χ0v) is 11.4. The maximum atomic E-state index is 4.74. The first kappa shape index (κ1) is 11.4. The fourth-order valence-electron chi connectivity index (χ4n) is 2.11. The smallest absolute Gasteiger partial charge is 0.0718 e. The molecule has 0 radical (unpaired) electrons. The van der Waals surface area contributed by atoms with Gasteiger partial charge in [-0.2, -0.15) is 0 Å². The van der Waals surface area contributed by atoms with E-state index in [0.29, 0.717) is 0 Å². The molecule has 0 fully saturated rings. The molecule has 0 aliphatic rings. The number of aromatic nitrogens is 1. The molecule has 0 N–H and O–H groups in total. The van der Waals surface area contributed by atoms with Gasteiger partial charge in [-0.3, -0.25) is 0 Å². The summed E-state index contributed by atoms with van der Waals surface area (Å²) in [7, 11) is 0. The van der Waals surface area contributed by atoms with Crippen molar-refractivity contribution in [1.82, 2.24) is 4.98 Å². The monoisotopic (exact) mass is 253 g/mol. The van der Waals surface area contributed by atoms with Crippen LogP contribution in [0.1, 0.15) is 17.4 Å². The fourth-order valence-corrected chi connectivity index (χ4v) is 2.93. The number of hydrogen-bond acceptors (Lipinski definition) is 2. The molecule has 1 nitrogen and oxygen atoms in total.